The molecule has 0 saturated carbocycles. The molecule has 0 heterocycles. The number of halogens is 1. The standard InChI is InChI=1S/C58H47BFN/c1-36-30-38(3)56(39(4)31-36)59(57-40(5)32-37(2)33-41(57)6)51-28-24-44-23-27-49-53(29-25-45-22-26-48(51)54(44)55(45)49)61(47-20-14-9-15-21-47)58-50(43-18-12-8-13-19-43)34-46(35-52(58)60)42-16-10-7-11-17-42/h7-35H,1-6H3. The van der Waals surface area contributed by atoms with Gasteiger partial charge in [0.05, 0.1) is 11.4 Å². The molecule has 0 atom stereocenters. The molecular formula is C58H47BFN. The van der Waals surface area contributed by atoms with E-state index in [-0.39, 0.29) is 12.5 Å². The van der Waals surface area contributed by atoms with Gasteiger partial charge in [0.2, 0.25) is 6.71 Å². The number of rotatable bonds is 8. The van der Waals surface area contributed by atoms with Crippen molar-refractivity contribution in [2.75, 3.05) is 4.90 Å². The second kappa shape index (κ2) is 15.3. The van der Waals surface area contributed by atoms with Crippen molar-refractivity contribution < 1.29 is 4.39 Å². The Morgan fingerprint density at radius 3 is 1.48 bits per heavy atom. The van der Waals surface area contributed by atoms with Crippen LogP contribution in [0.5, 0.6) is 0 Å². The first-order valence-corrected chi connectivity index (χ1v) is 21.3. The van der Waals surface area contributed by atoms with E-state index >= 15 is 4.39 Å². The maximum absolute atomic E-state index is 17.5. The molecule has 0 aliphatic heterocycles. The number of anilines is 3. The first kappa shape index (κ1) is 38.3. The Morgan fingerprint density at radius 1 is 0.426 bits per heavy atom. The predicted molar refractivity (Wildman–Crippen MR) is 262 cm³/mol. The van der Waals surface area contributed by atoms with Gasteiger partial charge in [-0.05, 0) is 115 Å². The summed E-state index contributed by atoms with van der Waals surface area (Å²) in [6, 6.07) is 62.0. The summed E-state index contributed by atoms with van der Waals surface area (Å²) in [5.74, 6) is -0.285. The van der Waals surface area contributed by atoms with Crippen molar-refractivity contribution in [3.8, 4) is 22.3 Å². The minimum atomic E-state index is -0.285. The number of hydrogen-bond donors (Lipinski definition) is 0. The average molecular weight is 788 g/mol. The number of benzene rings is 10. The third-order valence-electron chi connectivity index (χ3n) is 12.8. The highest BCUT2D eigenvalue weighted by Gasteiger charge is 2.31. The van der Waals surface area contributed by atoms with E-state index in [0.29, 0.717) is 5.69 Å². The number of hydrogen-bond acceptors (Lipinski definition) is 1. The highest BCUT2D eigenvalue weighted by atomic mass is 19.1. The van der Waals surface area contributed by atoms with E-state index < -0.39 is 0 Å². The zero-order valence-electron chi connectivity index (χ0n) is 35.6. The van der Waals surface area contributed by atoms with Gasteiger partial charge in [0.15, 0.2) is 0 Å². The van der Waals surface area contributed by atoms with Gasteiger partial charge in [-0.1, -0.05) is 195 Å². The third kappa shape index (κ3) is 6.57. The molecule has 3 heteroatoms. The molecule has 0 aliphatic rings. The monoisotopic (exact) mass is 787 g/mol. The van der Waals surface area contributed by atoms with Gasteiger partial charge in [0, 0.05) is 16.6 Å². The predicted octanol–water partition coefficient (Wildman–Crippen LogP) is 13.9. The number of nitrogens with zero attached hydrogens (tertiary/aromatic N) is 1. The first-order valence-electron chi connectivity index (χ1n) is 21.3. The zero-order valence-corrected chi connectivity index (χ0v) is 35.6. The molecule has 0 fully saturated rings. The van der Waals surface area contributed by atoms with Crippen LogP contribution in [0.2, 0.25) is 0 Å². The van der Waals surface area contributed by atoms with Gasteiger partial charge in [-0.15, -0.1) is 0 Å². The molecule has 0 bridgehead atoms. The second-order valence-corrected chi connectivity index (χ2v) is 17.0. The molecule has 1 nitrogen and oxygen atoms in total. The lowest BCUT2D eigenvalue weighted by Gasteiger charge is -2.30. The Hall–Kier alpha value is -6.97. The van der Waals surface area contributed by atoms with Crippen molar-refractivity contribution in [1.29, 1.82) is 0 Å². The van der Waals surface area contributed by atoms with Crippen molar-refractivity contribution >= 4 is 72.5 Å². The summed E-state index contributed by atoms with van der Waals surface area (Å²) in [4.78, 5) is 2.14. The van der Waals surface area contributed by atoms with E-state index in [2.05, 4.69) is 150 Å². The van der Waals surface area contributed by atoms with Crippen LogP contribution in [0.15, 0.2) is 176 Å². The smallest absolute Gasteiger partial charge is 0.243 e. The average Bonchev–Trinajstić information content (AvgIpc) is 3.26. The Bertz CT molecular complexity index is 3160. The van der Waals surface area contributed by atoms with Crippen molar-refractivity contribution in [3.05, 3.63) is 215 Å². The molecule has 10 aromatic carbocycles. The van der Waals surface area contributed by atoms with Crippen molar-refractivity contribution in [1.82, 2.24) is 0 Å². The van der Waals surface area contributed by atoms with Crippen LogP contribution >= 0.6 is 0 Å². The van der Waals surface area contributed by atoms with Crippen LogP contribution < -0.4 is 21.3 Å². The minimum Gasteiger partial charge on any atom is -0.307 e. The quantitative estimate of drug-likeness (QED) is 0.110. The summed E-state index contributed by atoms with van der Waals surface area (Å²) in [6.07, 6.45) is 0. The summed E-state index contributed by atoms with van der Waals surface area (Å²) in [5.41, 5.74) is 17.7. The maximum atomic E-state index is 17.5. The third-order valence-corrected chi connectivity index (χ3v) is 12.8. The van der Waals surface area contributed by atoms with Crippen LogP contribution in [-0.4, -0.2) is 6.71 Å². The van der Waals surface area contributed by atoms with Crippen molar-refractivity contribution in [3.63, 3.8) is 0 Å². The summed E-state index contributed by atoms with van der Waals surface area (Å²) in [6.45, 7) is 13.5. The van der Waals surface area contributed by atoms with Crippen molar-refractivity contribution in [2.24, 2.45) is 0 Å². The topological polar surface area (TPSA) is 3.24 Å². The SMILES string of the molecule is Cc1cc(C)c(B(c2c(C)cc(C)cc2C)c2ccc3ccc4c(N(c5ccccc5)c5c(F)cc(-c6ccccc6)cc5-c5ccccc5)ccc5ccc2c3c54)c(C)c1. The Labute approximate surface area is 359 Å². The Morgan fingerprint density at radius 2 is 0.902 bits per heavy atom. The van der Waals surface area contributed by atoms with Crippen LogP contribution in [0.4, 0.5) is 21.5 Å². The van der Waals surface area contributed by atoms with E-state index in [4.69, 9.17) is 0 Å². The summed E-state index contributed by atoms with van der Waals surface area (Å²) in [5, 5.41) is 7.09. The summed E-state index contributed by atoms with van der Waals surface area (Å²) < 4.78 is 17.5. The van der Waals surface area contributed by atoms with E-state index in [1.54, 1.807) is 6.07 Å². The van der Waals surface area contributed by atoms with Gasteiger partial charge < -0.3 is 4.90 Å². The molecule has 0 radical (unpaired) electrons. The molecule has 0 aromatic heterocycles. The first-order chi connectivity index (χ1) is 29.7. The lowest BCUT2D eigenvalue weighted by atomic mass is 9.33. The van der Waals surface area contributed by atoms with Crippen LogP contribution in [0.3, 0.4) is 0 Å². The van der Waals surface area contributed by atoms with Gasteiger partial charge in [0.25, 0.3) is 0 Å². The molecule has 0 aliphatic carbocycles. The van der Waals surface area contributed by atoms with Gasteiger partial charge in [-0.2, -0.15) is 0 Å². The molecule has 10 rings (SSSR count). The van der Waals surface area contributed by atoms with Gasteiger partial charge >= 0.3 is 0 Å². The maximum Gasteiger partial charge on any atom is 0.243 e. The largest absolute Gasteiger partial charge is 0.307 e. The molecule has 0 saturated heterocycles. The summed E-state index contributed by atoms with van der Waals surface area (Å²) in [7, 11) is 0. The molecule has 0 unspecified atom stereocenters. The van der Waals surface area contributed by atoms with E-state index in [1.165, 1.54) is 71.3 Å². The molecule has 0 N–H and O–H groups in total. The second-order valence-electron chi connectivity index (χ2n) is 17.0. The normalized spacial score (nSPS) is 11.5. The van der Waals surface area contributed by atoms with E-state index in [1.807, 2.05) is 66.7 Å². The molecule has 294 valence electrons. The Kier molecular flexibility index (Phi) is 9.56. The minimum absolute atomic E-state index is 0.0247. The van der Waals surface area contributed by atoms with Gasteiger partial charge in [0.1, 0.15) is 5.82 Å². The van der Waals surface area contributed by atoms with E-state index in [0.717, 1.165) is 44.4 Å². The lowest BCUT2D eigenvalue weighted by molar-refractivity contribution is 0.630. The van der Waals surface area contributed by atoms with Gasteiger partial charge in [-0.25, -0.2) is 4.39 Å². The fraction of sp³-hybridized carbons (Fsp3) is 0.103. The molecule has 61 heavy (non-hydrogen) atoms. The van der Waals surface area contributed by atoms with Crippen LogP contribution in [0, 0.1) is 47.4 Å². The van der Waals surface area contributed by atoms with Gasteiger partial charge in [-0.3, -0.25) is 0 Å². The van der Waals surface area contributed by atoms with Crippen LogP contribution in [0.25, 0.3) is 54.6 Å². The van der Waals surface area contributed by atoms with E-state index in [9.17, 15) is 0 Å². The van der Waals surface area contributed by atoms with Crippen LogP contribution in [0.1, 0.15) is 33.4 Å². The van der Waals surface area contributed by atoms with Crippen LogP contribution in [-0.2, 0) is 0 Å². The van der Waals surface area contributed by atoms with Crippen molar-refractivity contribution in [2.45, 2.75) is 41.5 Å². The molecular weight excluding hydrogens is 740 g/mol. The Balaban J connectivity index is 1.27. The lowest BCUT2D eigenvalue weighted by Crippen LogP contribution is -2.56. The highest BCUT2D eigenvalue weighted by Crippen LogP contribution is 2.48. The molecule has 0 amide bonds. The fourth-order valence-corrected chi connectivity index (χ4v) is 10.4. The summed E-state index contributed by atoms with van der Waals surface area (Å²) >= 11 is 0. The number of aryl methyl sites for hydroxylation is 6. The zero-order chi connectivity index (χ0) is 41.9. The highest BCUT2D eigenvalue weighted by molar-refractivity contribution is 6.98. The number of para-hydroxylation sites is 1. The molecule has 10 aromatic rings. The molecule has 0 spiro atoms. The fourth-order valence-electron chi connectivity index (χ4n) is 10.4.